The van der Waals surface area contributed by atoms with Crippen LogP contribution in [0.4, 0.5) is 13.2 Å². The third-order valence-corrected chi connectivity index (χ3v) is 22.9. The Morgan fingerprint density at radius 1 is 0.627 bits per heavy atom. The number of likely N-dealkylation sites (N-methyl/N-ethyl adjacent to an activating group) is 7. The molecule has 3 aliphatic carbocycles. The van der Waals surface area contributed by atoms with Crippen molar-refractivity contribution >= 4 is 82.5 Å². The van der Waals surface area contributed by atoms with Crippen molar-refractivity contribution in [1.29, 1.82) is 0 Å². The molecule has 28 heteroatoms. The van der Waals surface area contributed by atoms with Gasteiger partial charge in [-0.3, -0.25) is 57.5 Å². The van der Waals surface area contributed by atoms with Gasteiger partial charge in [-0.05, 0) is 132 Å². The smallest absolute Gasteiger partial charge is 0.343 e. The number of hydrogen-bond donors (Lipinski definition) is 3. The third kappa shape index (κ3) is 20.7. The van der Waals surface area contributed by atoms with Crippen LogP contribution in [-0.4, -0.2) is 251 Å². The van der Waals surface area contributed by atoms with Gasteiger partial charge < -0.3 is 60.0 Å². The van der Waals surface area contributed by atoms with Crippen LogP contribution in [0.2, 0.25) is 5.02 Å². The van der Waals surface area contributed by atoms with Gasteiger partial charge >= 0.3 is 6.18 Å². The lowest BCUT2D eigenvalue weighted by molar-refractivity contribution is -0.157. The molecular weight excluding hydrogens is 1340 g/mol. The van der Waals surface area contributed by atoms with Gasteiger partial charge in [-0.2, -0.15) is 13.2 Å². The van der Waals surface area contributed by atoms with Crippen LogP contribution in [0, 0.1) is 23.7 Å². The lowest BCUT2D eigenvalue weighted by atomic mass is 9.81. The van der Waals surface area contributed by atoms with Crippen LogP contribution in [0.5, 0.6) is 0 Å². The summed E-state index contributed by atoms with van der Waals surface area (Å²) in [5.41, 5.74) is -2.33. The number of amides is 12. The number of nitrogens with zero attached hydrogens (tertiary/aromatic N) is 9. The van der Waals surface area contributed by atoms with E-state index in [4.69, 9.17) is 11.6 Å². The van der Waals surface area contributed by atoms with E-state index in [1.54, 1.807) is 18.7 Å². The number of piperidine rings is 1. The Bertz CT molecular complexity index is 3150. The van der Waals surface area contributed by atoms with Gasteiger partial charge in [0.25, 0.3) is 0 Å². The fourth-order valence-electron chi connectivity index (χ4n) is 16.0. The molecule has 1 spiro atoms. The number of fused-ring (bicyclic) bond motifs is 1. The number of benzene rings is 1. The monoisotopic (exact) mass is 1450 g/mol. The van der Waals surface area contributed by atoms with Gasteiger partial charge in [0.15, 0.2) is 0 Å². The summed E-state index contributed by atoms with van der Waals surface area (Å²) >= 11 is 6.18. The first-order valence-electron chi connectivity index (χ1n) is 37.4. The number of nitrogens with one attached hydrogen (secondary N) is 3. The molecule has 0 aromatic heterocycles. The Morgan fingerprint density at radius 3 is 1.83 bits per heavy atom. The van der Waals surface area contributed by atoms with Crippen LogP contribution < -0.4 is 16.0 Å². The Labute approximate surface area is 605 Å². The minimum Gasteiger partial charge on any atom is -0.343 e. The maximum Gasteiger partial charge on any atom is 0.417 e. The number of carbonyl (C=O) groups is 12. The molecule has 3 aliphatic heterocycles. The Balaban J connectivity index is 1.30. The molecule has 6 aliphatic rings. The van der Waals surface area contributed by atoms with E-state index >= 15 is 33.6 Å². The third-order valence-electron chi connectivity index (χ3n) is 22.6. The van der Waals surface area contributed by atoms with E-state index in [2.05, 4.69) is 16.0 Å². The lowest BCUT2D eigenvalue weighted by Crippen LogP contribution is -2.65. The average molecular weight is 1460 g/mol. The number of alkyl halides is 3. The lowest BCUT2D eigenvalue weighted by Gasteiger charge is -2.43. The number of hydrogen-bond acceptors (Lipinski definition) is 12. The number of likely N-dealkylation sites (tertiary alicyclic amines) is 1. The predicted molar refractivity (Wildman–Crippen MR) is 378 cm³/mol. The fourth-order valence-corrected chi connectivity index (χ4v) is 16.3. The number of carbonyl (C=O) groups excluding carboxylic acids is 12. The minimum atomic E-state index is -4.76. The van der Waals surface area contributed by atoms with Gasteiger partial charge in [0.2, 0.25) is 70.9 Å². The number of halogens is 4. The van der Waals surface area contributed by atoms with E-state index in [1.165, 1.54) is 77.8 Å². The zero-order valence-electron chi connectivity index (χ0n) is 62.1. The van der Waals surface area contributed by atoms with Crippen LogP contribution in [0.1, 0.15) is 200 Å². The Kier molecular flexibility index (Phi) is 29.9. The first-order chi connectivity index (χ1) is 48.2. The summed E-state index contributed by atoms with van der Waals surface area (Å²) in [5, 5.41) is 8.25. The molecule has 1 aromatic rings. The van der Waals surface area contributed by atoms with E-state index in [9.17, 15) is 37.1 Å². The van der Waals surface area contributed by atoms with Crippen LogP contribution >= 0.6 is 11.6 Å². The first-order valence-corrected chi connectivity index (χ1v) is 37.8. The molecule has 0 radical (unpaired) electrons. The molecule has 1 aromatic carbocycles. The summed E-state index contributed by atoms with van der Waals surface area (Å²) in [4.78, 5) is 192. The molecule has 3 heterocycles. The van der Waals surface area contributed by atoms with Crippen LogP contribution in [-0.2, 0) is 70.1 Å². The number of aryl methyl sites for hydroxylation is 1. The van der Waals surface area contributed by atoms with Crippen LogP contribution in [0.25, 0.3) is 0 Å². The zero-order valence-corrected chi connectivity index (χ0v) is 62.9. The van der Waals surface area contributed by atoms with Crippen molar-refractivity contribution < 1.29 is 70.7 Å². The second-order valence-corrected chi connectivity index (χ2v) is 30.7. The van der Waals surface area contributed by atoms with Crippen molar-refractivity contribution in [2.75, 3.05) is 88.1 Å². The highest BCUT2D eigenvalue weighted by molar-refractivity contribution is 6.31. The van der Waals surface area contributed by atoms with Gasteiger partial charge in [0.05, 0.1) is 36.6 Å². The second-order valence-electron chi connectivity index (χ2n) is 30.3. The van der Waals surface area contributed by atoms with Gasteiger partial charge in [-0.25, -0.2) is 0 Å². The predicted octanol–water partition coefficient (Wildman–Crippen LogP) is 6.81. The summed E-state index contributed by atoms with van der Waals surface area (Å²) in [6, 6.07) is -5.50. The van der Waals surface area contributed by atoms with Crippen LogP contribution in [0.15, 0.2) is 18.2 Å². The second kappa shape index (κ2) is 37.1. The SMILES string of the molecule is CC[C@H](C)[C@@H]1NC(=O)[C@H](CC(C)C)N(C)C(=O)C[C@@H](C(=O)N2CCCCC2)N(C)C(=O)[C@H](C2CCCCC2)N(C)C(=O)C2(CCCC2)NC(=O)[C@@H]2CCCN2C(=O)[C@H](CCc2ccc(C(F)(F)F)c(Cl)c2)NC(=O)CN(CC)C(=O)[C@H](CC2CCCCC2)N(C)C(=O)CN(C)C(=O)CN(C)C1=O. The van der Waals surface area contributed by atoms with Gasteiger partial charge in [-0.15, -0.1) is 0 Å². The maximum absolute atomic E-state index is 15.8. The summed E-state index contributed by atoms with van der Waals surface area (Å²) < 4.78 is 41.7. The summed E-state index contributed by atoms with van der Waals surface area (Å²) in [6.07, 6.45) is 7.15. The highest BCUT2D eigenvalue weighted by Gasteiger charge is 2.52. The van der Waals surface area contributed by atoms with Crippen LogP contribution in [0.3, 0.4) is 0 Å². The first kappa shape index (κ1) is 82.2. The van der Waals surface area contributed by atoms with E-state index in [1.807, 2.05) is 20.8 Å². The molecule has 3 saturated heterocycles. The van der Waals surface area contributed by atoms with E-state index in [0.29, 0.717) is 70.0 Å². The normalized spacial score (nSPS) is 26.6. The van der Waals surface area contributed by atoms with E-state index in [-0.39, 0.29) is 69.9 Å². The molecule has 7 rings (SSSR count). The van der Waals surface area contributed by atoms with Crippen molar-refractivity contribution in [2.45, 2.75) is 249 Å². The van der Waals surface area contributed by atoms with Crippen molar-refractivity contribution in [3.05, 3.63) is 34.3 Å². The topological polar surface area (TPSA) is 270 Å². The Morgan fingerprint density at radius 2 is 1.24 bits per heavy atom. The molecule has 8 atom stereocenters. The molecule has 0 bridgehead atoms. The summed E-state index contributed by atoms with van der Waals surface area (Å²) in [6.45, 7) is 8.13. The van der Waals surface area contributed by atoms with Gasteiger partial charge in [0, 0.05) is 68.5 Å². The van der Waals surface area contributed by atoms with Gasteiger partial charge in [0.1, 0.15) is 47.8 Å². The standard InChI is InChI=1S/C74H114ClF3N12O12/c1-12-48(5)63-70(100)83(7)45-61(93)82(6)46-62(94)85(9)57(42-49-26-17-14-18-27-49)68(98)88(13-2)44-59(91)79-54(34-32-50-31-33-52(53(75)41-50)74(76,77)78)67(97)90-39-25-30-55(90)66(96)81-73(35-21-22-36-73)72(102)87(11)64(51-28-19-15-20-29-51)71(101)86(10)58(69(99)89-37-23-16-24-38-89)43-60(92)84(8)56(40-47(3)4)65(95)80-63/h31,33,41,47-49,51,54-58,63-64H,12-30,32,34-40,42-46H2,1-11H3,(H,79,91)(H,80,95)(H,81,96)/t48-,54-,55-,56-,57-,58-,63-,64-/m0/s1. The summed E-state index contributed by atoms with van der Waals surface area (Å²) in [5.74, 6) is -8.60. The maximum atomic E-state index is 15.8. The Hall–Kier alpha value is -7.06. The molecule has 6 fully saturated rings. The largest absolute Gasteiger partial charge is 0.417 e. The molecule has 3 saturated carbocycles. The quantitative estimate of drug-likeness (QED) is 0.195. The highest BCUT2D eigenvalue weighted by Crippen LogP contribution is 2.39. The highest BCUT2D eigenvalue weighted by atomic mass is 35.5. The van der Waals surface area contributed by atoms with Crippen molar-refractivity contribution in [1.82, 2.24) is 60.0 Å². The molecule has 3 N–H and O–H groups in total. The van der Waals surface area contributed by atoms with Crippen molar-refractivity contribution in [3.8, 4) is 0 Å². The molecule has 570 valence electrons. The van der Waals surface area contributed by atoms with E-state index in [0.717, 1.165) is 79.7 Å². The summed E-state index contributed by atoms with van der Waals surface area (Å²) in [7, 11) is 8.69. The molecule has 24 nitrogen and oxygen atoms in total. The minimum absolute atomic E-state index is 0.0201. The zero-order chi connectivity index (χ0) is 75.1. The molecular formula is C74H114ClF3N12O12. The molecule has 12 amide bonds. The number of rotatable bonds is 12. The molecule has 102 heavy (non-hydrogen) atoms. The fraction of sp³-hybridized carbons (Fsp3) is 0.757. The average Bonchev–Trinajstić information content (AvgIpc) is 1.46. The molecule has 0 unspecified atom stereocenters. The van der Waals surface area contributed by atoms with Gasteiger partial charge in [-0.1, -0.05) is 116 Å². The van der Waals surface area contributed by atoms with E-state index < -0.39 is 173 Å². The van der Waals surface area contributed by atoms with Crippen molar-refractivity contribution in [3.63, 3.8) is 0 Å². The van der Waals surface area contributed by atoms with Crippen molar-refractivity contribution in [2.24, 2.45) is 23.7 Å².